The van der Waals surface area contributed by atoms with Gasteiger partial charge in [0, 0.05) is 23.7 Å². The molecule has 1 atom stereocenters. The van der Waals surface area contributed by atoms with Gasteiger partial charge in [-0.15, -0.1) is 0 Å². The van der Waals surface area contributed by atoms with Crippen molar-refractivity contribution in [1.82, 2.24) is 5.32 Å². The van der Waals surface area contributed by atoms with Crippen LogP contribution >= 0.6 is 15.9 Å². The number of nitrogens with one attached hydrogen (secondary N) is 1. The number of halogens is 1. The Labute approximate surface area is 125 Å². The summed E-state index contributed by atoms with van der Waals surface area (Å²) in [6, 6.07) is 8.89. The molecule has 0 saturated heterocycles. The van der Waals surface area contributed by atoms with Crippen molar-refractivity contribution in [3.8, 4) is 0 Å². The summed E-state index contributed by atoms with van der Waals surface area (Å²) < 4.78 is 1.13. The highest BCUT2D eigenvalue weighted by atomic mass is 79.9. The highest BCUT2D eigenvalue weighted by Crippen LogP contribution is 2.25. The summed E-state index contributed by atoms with van der Waals surface area (Å²) in [5.74, 6) is 0. The van der Waals surface area contributed by atoms with Gasteiger partial charge in [0.25, 0.3) is 0 Å². The number of benzene rings is 1. The van der Waals surface area contributed by atoms with E-state index in [1.165, 1.54) is 5.56 Å². The summed E-state index contributed by atoms with van der Waals surface area (Å²) in [6.45, 7) is 7.97. The lowest BCUT2D eigenvalue weighted by Crippen LogP contribution is -2.32. The number of aliphatic hydroxyl groups is 1. The molecule has 0 heterocycles. The van der Waals surface area contributed by atoms with Crippen LogP contribution in [0.3, 0.4) is 0 Å². The molecule has 2 N–H and O–H groups in total. The van der Waals surface area contributed by atoms with E-state index in [0.29, 0.717) is 6.04 Å². The van der Waals surface area contributed by atoms with Crippen molar-refractivity contribution < 1.29 is 5.11 Å². The van der Waals surface area contributed by atoms with Crippen LogP contribution in [0.5, 0.6) is 0 Å². The normalized spacial score (nSPS) is 13.5. The summed E-state index contributed by atoms with van der Waals surface area (Å²) in [6.07, 6.45) is 3.00. The molecule has 108 valence electrons. The lowest BCUT2D eigenvalue weighted by atomic mass is 9.87. The molecule has 0 fully saturated rings. The van der Waals surface area contributed by atoms with E-state index < -0.39 is 0 Å². The molecule has 0 aromatic heterocycles. The van der Waals surface area contributed by atoms with Gasteiger partial charge in [-0.05, 0) is 42.4 Å². The van der Waals surface area contributed by atoms with E-state index in [1.807, 2.05) is 0 Å². The van der Waals surface area contributed by atoms with Crippen LogP contribution in [-0.2, 0) is 0 Å². The molecule has 1 rings (SSSR count). The number of rotatable bonds is 8. The maximum absolute atomic E-state index is 8.94. The smallest absolute Gasteiger partial charge is 0.0431 e. The summed E-state index contributed by atoms with van der Waals surface area (Å²) in [4.78, 5) is 0. The van der Waals surface area contributed by atoms with Crippen molar-refractivity contribution in [2.45, 2.75) is 46.1 Å². The Balaban J connectivity index is 2.58. The Morgan fingerprint density at radius 1 is 1.37 bits per heavy atom. The van der Waals surface area contributed by atoms with E-state index >= 15 is 0 Å². The van der Waals surface area contributed by atoms with Crippen LogP contribution in [0, 0.1) is 5.41 Å². The highest BCUT2D eigenvalue weighted by Gasteiger charge is 2.19. The average molecular weight is 328 g/mol. The third kappa shape index (κ3) is 6.07. The van der Waals surface area contributed by atoms with Crippen LogP contribution in [0.15, 0.2) is 28.7 Å². The lowest BCUT2D eigenvalue weighted by Gasteiger charge is -2.28. The van der Waals surface area contributed by atoms with E-state index in [0.717, 1.165) is 30.3 Å². The Morgan fingerprint density at radius 2 is 2.11 bits per heavy atom. The van der Waals surface area contributed by atoms with Crippen LogP contribution in [0.1, 0.15) is 51.6 Å². The van der Waals surface area contributed by atoms with Crippen LogP contribution in [0.2, 0.25) is 0 Å². The second-order valence-corrected chi connectivity index (χ2v) is 6.80. The Kier molecular flexibility index (Phi) is 7.05. The molecule has 0 aliphatic rings. The lowest BCUT2D eigenvalue weighted by molar-refractivity contribution is 0.231. The second kappa shape index (κ2) is 8.03. The van der Waals surface area contributed by atoms with E-state index in [1.54, 1.807) is 0 Å². The summed E-state index contributed by atoms with van der Waals surface area (Å²) >= 11 is 3.53. The molecule has 0 spiro atoms. The first-order valence-corrected chi connectivity index (χ1v) is 7.87. The van der Waals surface area contributed by atoms with Gasteiger partial charge in [-0.25, -0.2) is 0 Å². The van der Waals surface area contributed by atoms with Gasteiger partial charge in [-0.2, -0.15) is 0 Å². The highest BCUT2D eigenvalue weighted by molar-refractivity contribution is 9.10. The van der Waals surface area contributed by atoms with Gasteiger partial charge in [0.05, 0.1) is 0 Å². The number of hydrogen-bond donors (Lipinski definition) is 2. The largest absolute Gasteiger partial charge is 0.396 e. The minimum Gasteiger partial charge on any atom is -0.396 e. The van der Waals surface area contributed by atoms with Crippen molar-refractivity contribution in [2.24, 2.45) is 5.41 Å². The first kappa shape index (κ1) is 16.7. The molecule has 1 aromatic rings. The predicted octanol–water partition coefficient (Wildman–Crippen LogP) is 4.29. The summed E-state index contributed by atoms with van der Waals surface area (Å²) in [5.41, 5.74) is 1.55. The third-order valence-corrected chi connectivity index (χ3v) is 3.99. The van der Waals surface area contributed by atoms with E-state index in [9.17, 15) is 0 Å². The molecule has 19 heavy (non-hydrogen) atoms. The summed E-state index contributed by atoms with van der Waals surface area (Å²) in [7, 11) is 0. The quantitative estimate of drug-likeness (QED) is 0.746. The molecular formula is C16H26BrNO. The van der Waals surface area contributed by atoms with Crippen LogP contribution in [0.4, 0.5) is 0 Å². The summed E-state index contributed by atoms with van der Waals surface area (Å²) in [5, 5.41) is 12.6. The zero-order chi connectivity index (χ0) is 14.3. The minimum atomic E-state index is 0.224. The zero-order valence-electron chi connectivity index (χ0n) is 12.2. The van der Waals surface area contributed by atoms with Gasteiger partial charge in [0.15, 0.2) is 0 Å². The van der Waals surface area contributed by atoms with Crippen molar-refractivity contribution in [1.29, 1.82) is 0 Å². The van der Waals surface area contributed by atoms with Gasteiger partial charge in [0.1, 0.15) is 0 Å². The van der Waals surface area contributed by atoms with E-state index in [-0.39, 0.29) is 12.0 Å². The van der Waals surface area contributed by atoms with Crippen LogP contribution in [-0.4, -0.2) is 18.3 Å². The molecule has 3 heteroatoms. The molecule has 1 aromatic carbocycles. The van der Waals surface area contributed by atoms with Gasteiger partial charge in [-0.3, -0.25) is 0 Å². The topological polar surface area (TPSA) is 32.3 Å². The number of hydrogen-bond acceptors (Lipinski definition) is 2. The van der Waals surface area contributed by atoms with Crippen molar-refractivity contribution in [3.05, 3.63) is 34.3 Å². The molecule has 0 bridgehead atoms. The van der Waals surface area contributed by atoms with E-state index in [2.05, 4.69) is 66.3 Å². The molecule has 0 aliphatic carbocycles. The first-order valence-electron chi connectivity index (χ1n) is 7.08. The van der Waals surface area contributed by atoms with Crippen LogP contribution < -0.4 is 5.32 Å². The fraction of sp³-hybridized carbons (Fsp3) is 0.625. The monoisotopic (exact) mass is 327 g/mol. The van der Waals surface area contributed by atoms with Gasteiger partial charge < -0.3 is 10.4 Å². The van der Waals surface area contributed by atoms with Crippen molar-refractivity contribution in [3.63, 3.8) is 0 Å². The van der Waals surface area contributed by atoms with Gasteiger partial charge >= 0.3 is 0 Å². The molecule has 1 unspecified atom stereocenters. The van der Waals surface area contributed by atoms with E-state index in [4.69, 9.17) is 5.11 Å². The van der Waals surface area contributed by atoms with Crippen molar-refractivity contribution >= 4 is 15.9 Å². The Morgan fingerprint density at radius 3 is 2.68 bits per heavy atom. The zero-order valence-corrected chi connectivity index (χ0v) is 13.8. The number of aliphatic hydroxyl groups excluding tert-OH is 1. The average Bonchev–Trinajstić information content (AvgIpc) is 2.37. The third-order valence-electron chi connectivity index (χ3n) is 3.50. The SMILES string of the molecule is CCC(NCC(C)(C)CCCO)c1cccc(Br)c1. The molecule has 0 saturated carbocycles. The fourth-order valence-electron chi connectivity index (χ4n) is 2.27. The van der Waals surface area contributed by atoms with Gasteiger partial charge in [-0.1, -0.05) is 48.8 Å². The minimum absolute atomic E-state index is 0.224. The van der Waals surface area contributed by atoms with Gasteiger partial charge in [0.2, 0.25) is 0 Å². The molecule has 0 radical (unpaired) electrons. The molecule has 0 aliphatic heterocycles. The first-order chi connectivity index (χ1) is 8.98. The maximum atomic E-state index is 8.94. The predicted molar refractivity (Wildman–Crippen MR) is 85.3 cm³/mol. The standard InChI is InChI=1S/C16H26BrNO/c1-4-15(13-7-5-8-14(17)11-13)18-12-16(2,3)9-6-10-19/h5,7-8,11,15,18-19H,4,6,9-10,12H2,1-3H3. The molecule has 2 nitrogen and oxygen atoms in total. The molecule has 0 amide bonds. The Bertz CT molecular complexity index is 379. The fourth-order valence-corrected chi connectivity index (χ4v) is 2.68. The van der Waals surface area contributed by atoms with Crippen LogP contribution in [0.25, 0.3) is 0 Å². The Hall–Kier alpha value is -0.380. The second-order valence-electron chi connectivity index (χ2n) is 5.89. The molecular weight excluding hydrogens is 302 g/mol. The van der Waals surface area contributed by atoms with Crippen molar-refractivity contribution in [2.75, 3.05) is 13.2 Å². The maximum Gasteiger partial charge on any atom is 0.0431 e.